The maximum atomic E-state index is 13.1. The van der Waals surface area contributed by atoms with Gasteiger partial charge in [0.15, 0.2) is 5.96 Å². The first-order chi connectivity index (χ1) is 14.2. The molecule has 0 amide bonds. The summed E-state index contributed by atoms with van der Waals surface area (Å²) in [5.41, 5.74) is 1.17. The number of hydrogen-bond donors (Lipinski definition) is 2. The van der Waals surface area contributed by atoms with Crippen molar-refractivity contribution in [3.63, 3.8) is 0 Å². The number of aromatic nitrogens is 1. The van der Waals surface area contributed by atoms with Gasteiger partial charge in [0.2, 0.25) is 0 Å². The van der Waals surface area contributed by atoms with Gasteiger partial charge in [-0.25, -0.2) is 9.37 Å². The lowest BCUT2D eigenvalue weighted by Crippen LogP contribution is -2.48. The average molecular weight is 546 g/mol. The topological polar surface area (TPSA) is 52.6 Å². The molecule has 0 radical (unpaired) electrons. The molecular formula is C22H33FIN5S. The molecule has 0 aliphatic carbocycles. The highest BCUT2D eigenvalue weighted by molar-refractivity contribution is 14.0. The Labute approximate surface area is 200 Å². The van der Waals surface area contributed by atoms with Gasteiger partial charge in [-0.3, -0.25) is 9.89 Å². The van der Waals surface area contributed by atoms with Crippen LogP contribution in [0.3, 0.4) is 0 Å². The first-order valence-corrected chi connectivity index (χ1v) is 11.4. The van der Waals surface area contributed by atoms with Crippen LogP contribution in [0.25, 0.3) is 0 Å². The van der Waals surface area contributed by atoms with Crippen molar-refractivity contribution in [3.05, 3.63) is 51.7 Å². The van der Waals surface area contributed by atoms with E-state index >= 15 is 0 Å². The lowest BCUT2D eigenvalue weighted by molar-refractivity contribution is 0.198. The first-order valence-electron chi connectivity index (χ1n) is 10.6. The Bertz CT molecular complexity index is 772. The van der Waals surface area contributed by atoms with Crippen LogP contribution in [0.2, 0.25) is 0 Å². The minimum absolute atomic E-state index is 0. The molecule has 0 saturated carbocycles. The second-order valence-corrected chi connectivity index (χ2v) is 8.61. The molecule has 2 N–H and O–H groups in total. The zero-order chi connectivity index (χ0) is 20.5. The van der Waals surface area contributed by atoms with Gasteiger partial charge in [-0.05, 0) is 43.9 Å². The highest BCUT2D eigenvalue weighted by Gasteiger charge is 2.20. The fourth-order valence-electron chi connectivity index (χ4n) is 3.49. The third-order valence-corrected chi connectivity index (χ3v) is 6.34. The van der Waals surface area contributed by atoms with Gasteiger partial charge < -0.3 is 10.6 Å². The van der Waals surface area contributed by atoms with Gasteiger partial charge >= 0.3 is 0 Å². The van der Waals surface area contributed by atoms with Gasteiger partial charge in [-0.15, -0.1) is 35.3 Å². The third kappa shape index (κ3) is 8.11. The molecule has 0 bridgehead atoms. The van der Waals surface area contributed by atoms with E-state index in [9.17, 15) is 4.39 Å². The highest BCUT2D eigenvalue weighted by Crippen LogP contribution is 2.15. The quantitative estimate of drug-likeness (QED) is 0.296. The average Bonchev–Trinajstić information content (AvgIpc) is 3.19. The molecule has 1 saturated heterocycles. The monoisotopic (exact) mass is 545 g/mol. The number of aliphatic imine (C=N–C) groups is 1. The number of hydrogen-bond acceptors (Lipinski definition) is 4. The van der Waals surface area contributed by atoms with Crippen LogP contribution in [0, 0.1) is 5.82 Å². The number of nitrogens with zero attached hydrogens (tertiary/aromatic N) is 3. The molecule has 1 fully saturated rings. The zero-order valence-electron chi connectivity index (χ0n) is 17.9. The molecule has 1 aliphatic heterocycles. The summed E-state index contributed by atoms with van der Waals surface area (Å²) in [6.45, 7) is 8.81. The van der Waals surface area contributed by atoms with Crippen LogP contribution in [0.5, 0.6) is 0 Å². The molecule has 0 unspecified atom stereocenters. The SMILES string of the molecule is CCNC(=NCCc1ncc(CC)s1)NC1CCN(Cc2ccc(F)cc2)CC1.I. The Balaban J connectivity index is 0.00000320. The maximum absolute atomic E-state index is 13.1. The number of thiazole rings is 1. The lowest BCUT2D eigenvalue weighted by Gasteiger charge is -2.33. The van der Waals surface area contributed by atoms with Crippen LogP contribution in [-0.2, 0) is 19.4 Å². The van der Waals surface area contributed by atoms with Crippen LogP contribution < -0.4 is 10.6 Å². The summed E-state index contributed by atoms with van der Waals surface area (Å²) < 4.78 is 13.1. The summed E-state index contributed by atoms with van der Waals surface area (Å²) >= 11 is 1.79. The fourth-order valence-corrected chi connectivity index (χ4v) is 4.34. The minimum atomic E-state index is -0.174. The summed E-state index contributed by atoms with van der Waals surface area (Å²) in [5, 5.41) is 8.12. The summed E-state index contributed by atoms with van der Waals surface area (Å²) in [5.74, 6) is 0.726. The number of rotatable bonds is 8. The second kappa shape index (κ2) is 13.2. The van der Waals surface area contributed by atoms with E-state index in [0.717, 1.165) is 69.4 Å². The van der Waals surface area contributed by atoms with Gasteiger partial charge in [-0.1, -0.05) is 19.1 Å². The Kier molecular flexibility index (Phi) is 11.0. The van der Waals surface area contributed by atoms with E-state index in [-0.39, 0.29) is 29.8 Å². The number of piperidine rings is 1. The molecule has 1 aliphatic rings. The molecule has 8 heteroatoms. The summed E-state index contributed by atoms with van der Waals surface area (Å²) in [4.78, 5) is 13.0. The largest absolute Gasteiger partial charge is 0.357 e. The van der Waals surface area contributed by atoms with E-state index in [1.165, 1.54) is 22.6 Å². The Hall–Kier alpha value is -1.26. The molecule has 166 valence electrons. The molecule has 2 aromatic rings. The Morgan fingerprint density at radius 2 is 1.97 bits per heavy atom. The summed E-state index contributed by atoms with van der Waals surface area (Å²) in [6.07, 6.45) is 6.07. The maximum Gasteiger partial charge on any atom is 0.191 e. The highest BCUT2D eigenvalue weighted by atomic mass is 127. The zero-order valence-corrected chi connectivity index (χ0v) is 21.0. The number of aryl methyl sites for hydroxylation is 1. The standard InChI is InChI=1S/C22H32FN5S.HI/c1-3-20-15-26-21(29-20)9-12-25-22(24-4-2)27-19-10-13-28(14-11-19)16-17-5-7-18(23)8-6-17;/h5-8,15,19H,3-4,9-14,16H2,1-2H3,(H2,24,25,27);1H. The van der Waals surface area contributed by atoms with Crippen molar-refractivity contribution >= 4 is 41.3 Å². The van der Waals surface area contributed by atoms with Crippen LogP contribution in [0.15, 0.2) is 35.5 Å². The van der Waals surface area contributed by atoms with Crippen molar-refractivity contribution < 1.29 is 4.39 Å². The predicted molar refractivity (Wildman–Crippen MR) is 134 cm³/mol. The van der Waals surface area contributed by atoms with E-state index < -0.39 is 0 Å². The molecule has 1 aromatic heterocycles. The molecule has 2 heterocycles. The molecule has 1 aromatic carbocycles. The molecule has 3 rings (SSSR count). The molecule has 0 spiro atoms. The van der Waals surface area contributed by atoms with Crippen molar-refractivity contribution in [1.29, 1.82) is 0 Å². The lowest BCUT2D eigenvalue weighted by atomic mass is 10.0. The number of halogens is 2. The van der Waals surface area contributed by atoms with Crippen LogP contribution >= 0.6 is 35.3 Å². The number of benzene rings is 1. The first kappa shape index (κ1) is 25.0. The van der Waals surface area contributed by atoms with Crippen LogP contribution in [-0.4, -0.2) is 48.1 Å². The minimum Gasteiger partial charge on any atom is -0.357 e. The van der Waals surface area contributed by atoms with Gasteiger partial charge in [0.25, 0.3) is 0 Å². The van der Waals surface area contributed by atoms with Crippen LogP contribution in [0.1, 0.15) is 42.1 Å². The molecular weight excluding hydrogens is 512 g/mol. The van der Waals surface area contributed by atoms with Crippen molar-refractivity contribution in [2.75, 3.05) is 26.2 Å². The van der Waals surface area contributed by atoms with Crippen molar-refractivity contribution in [1.82, 2.24) is 20.5 Å². The van der Waals surface area contributed by atoms with Gasteiger partial charge in [0.1, 0.15) is 5.82 Å². The van der Waals surface area contributed by atoms with E-state index in [0.29, 0.717) is 6.04 Å². The summed E-state index contributed by atoms with van der Waals surface area (Å²) in [6, 6.07) is 7.27. The number of likely N-dealkylation sites (tertiary alicyclic amines) is 1. The van der Waals surface area contributed by atoms with Crippen molar-refractivity contribution in [3.8, 4) is 0 Å². The smallest absolute Gasteiger partial charge is 0.191 e. The second-order valence-electron chi connectivity index (χ2n) is 7.41. The third-order valence-electron chi connectivity index (χ3n) is 5.14. The molecule has 0 atom stereocenters. The number of guanidine groups is 1. The van der Waals surface area contributed by atoms with Gasteiger partial charge in [0.05, 0.1) is 5.01 Å². The van der Waals surface area contributed by atoms with Crippen molar-refractivity contribution in [2.45, 2.75) is 52.1 Å². The Morgan fingerprint density at radius 3 is 2.60 bits per heavy atom. The van der Waals surface area contributed by atoms with Gasteiger partial charge in [0, 0.05) is 56.3 Å². The van der Waals surface area contributed by atoms with Crippen LogP contribution in [0.4, 0.5) is 4.39 Å². The normalized spacial score (nSPS) is 15.6. The van der Waals surface area contributed by atoms with Gasteiger partial charge in [-0.2, -0.15) is 0 Å². The van der Waals surface area contributed by atoms with E-state index in [4.69, 9.17) is 4.99 Å². The van der Waals surface area contributed by atoms with E-state index in [1.54, 1.807) is 11.3 Å². The van der Waals surface area contributed by atoms with E-state index in [1.807, 2.05) is 18.3 Å². The molecule has 5 nitrogen and oxygen atoms in total. The predicted octanol–water partition coefficient (Wildman–Crippen LogP) is 4.22. The van der Waals surface area contributed by atoms with E-state index in [2.05, 4.69) is 34.4 Å². The number of nitrogens with one attached hydrogen (secondary N) is 2. The summed E-state index contributed by atoms with van der Waals surface area (Å²) in [7, 11) is 0. The fraction of sp³-hybridized carbons (Fsp3) is 0.545. The van der Waals surface area contributed by atoms with Crippen molar-refractivity contribution in [2.24, 2.45) is 4.99 Å². The molecule has 30 heavy (non-hydrogen) atoms. The Morgan fingerprint density at radius 1 is 1.23 bits per heavy atom.